The fourth-order valence-electron chi connectivity index (χ4n) is 1.99. The molecular weight excluding hydrogens is 395 g/mol. The van der Waals surface area contributed by atoms with Crippen molar-refractivity contribution in [3.63, 3.8) is 0 Å². The zero-order valence-corrected chi connectivity index (χ0v) is 13.1. The Morgan fingerprint density at radius 2 is 1.56 bits per heavy atom. The third kappa shape index (κ3) is 3.39. The van der Waals surface area contributed by atoms with E-state index in [2.05, 4.69) is 5.10 Å². The highest BCUT2D eigenvalue weighted by molar-refractivity contribution is 6.37. The van der Waals surface area contributed by atoms with Crippen molar-refractivity contribution >= 4 is 23.2 Å². The minimum absolute atomic E-state index is 0.423. The molecule has 2 rings (SSSR count). The molecule has 2 aromatic rings. The summed E-state index contributed by atoms with van der Waals surface area (Å²) < 4.78 is 78.0. The van der Waals surface area contributed by atoms with Crippen LogP contribution in [-0.2, 0) is 12.4 Å². The van der Waals surface area contributed by atoms with Gasteiger partial charge in [-0.1, -0.05) is 23.2 Å². The first-order valence-electron chi connectivity index (χ1n) is 6.05. The van der Waals surface area contributed by atoms with Crippen molar-refractivity contribution in [1.29, 1.82) is 5.26 Å². The zero-order valence-electron chi connectivity index (χ0n) is 11.6. The summed E-state index contributed by atoms with van der Waals surface area (Å²) in [6, 6.07) is 2.15. The second-order valence-corrected chi connectivity index (χ2v) is 5.34. The first-order chi connectivity index (χ1) is 11.4. The van der Waals surface area contributed by atoms with Crippen LogP contribution in [0.2, 0.25) is 10.0 Å². The summed E-state index contributed by atoms with van der Waals surface area (Å²) in [4.78, 5) is 0. The summed E-state index contributed by atoms with van der Waals surface area (Å²) in [5.41, 5.74) is -5.20. The average molecular weight is 398 g/mol. The van der Waals surface area contributed by atoms with Gasteiger partial charge in [-0.15, -0.1) is 6.42 Å². The van der Waals surface area contributed by atoms with Crippen LogP contribution < -0.4 is 0 Å². The fraction of sp³-hybridized carbons (Fsp3) is 0.143. The van der Waals surface area contributed by atoms with E-state index in [1.165, 1.54) is 6.07 Å². The van der Waals surface area contributed by atoms with E-state index in [0.717, 1.165) is 0 Å². The lowest BCUT2D eigenvalue weighted by molar-refractivity contribution is -0.138. The van der Waals surface area contributed by atoms with Gasteiger partial charge in [0.2, 0.25) is 0 Å². The highest BCUT2D eigenvalue weighted by atomic mass is 35.5. The standard InChI is InChI=1S/C14H3Cl2F6N3/c1-2-10-11(14(20,21)22)9(5-23)24-25(10)12-7(15)3-6(4-8(12)16)13(17,18)19/h1,3-4H. The number of terminal acetylenes is 1. The van der Waals surface area contributed by atoms with Crippen molar-refractivity contribution in [3.8, 4) is 24.1 Å². The summed E-state index contributed by atoms with van der Waals surface area (Å²) in [6.45, 7) is 0. The van der Waals surface area contributed by atoms with Crippen LogP contribution in [0.25, 0.3) is 5.69 Å². The van der Waals surface area contributed by atoms with Crippen LogP contribution in [0.15, 0.2) is 12.1 Å². The first-order valence-corrected chi connectivity index (χ1v) is 6.81. The lowest BCUT2D eigenvalue weighted by Crippen LogP contribution is -2.10. The zero-order chi connectivity index (χ0) is 19.2. The van der Waals surface area contributed by atoms with Crippen molar-refractivity contribution in [2.45, 2.75) is 12.4 Å². The molecule has 0 spiro atoms. The second kappa shape index (κ2) is 6.17. The molecule has 0 aliphatic heterocycles. The van der Waals surface area contributed by atoms with Gasteiger partial charge in [-0.3, -0.25) is 0 Å². The highest BCUT2D eigenvalue weighted by Gasteiger charge is 2.41. The Balaban J connectivity index is 2.84. The van der Waals surface area contributed by atoms with Crippen molar-refractivity contribution in [2.75, 3.05) is 0 Å². The molecule has 0 N–H and O–H groups in total. The van der Waals surface area contributed by atoms with Gasteiger partial charge < -0.3 is 0 Å². The smallest absolute Gasteiger partial charge is 0.220 e. The van der Waals surface area contributed by atoms with Crippen molar-refractivity contribution in [2.24, 2.45) is 0 Å². The van der Waals surface area contributed by atoms with Gasteiger partial charge in [-0.05, 0) is 18.1 Å². The van der Waals surface area contributed by atoms with Crippen molar-refractivity contribution in [1.82, 2.24) is 9.78 Å². The monoisotopic (exact) mass is 397 g/mol. The molecule has 0 unspecified atom stereocenters. The number of rotatable bonds is 1. The predicted molar refractivity (Wildman–Crippen MR) is 76.2 cm³/mol. The summed E-state index contributed by atoms with van der Waals surface area (Å²) in [6.07, 6.45) is -4.73. The summed E-state index contributed by atoms with van der Waals surface area (Å²) >= 11 is 11.5. The Kier molecular flexibility index (Phi) is 4.69. The van der Waals surface area contributed by atoms with Gasteiger partial charge in [0.15, 0.2) is 5.69 Å². The maximum absolute atomic E-state index is 13.1. The maximum atomic E-state index is 13.1. The third-order valence-corrected chi connectivity index (χ3v) is 3.54. The minimum atomic E-state index is -5.02. The number of hydrogen-bond acceptors (Lipinski definition) is 2. The van der Waals surface area contributed by atoms with Gasteiger partial charge >= 0.3 is 12.4 Å². The minimum Gasteiger partial charge on any atom is -0.220 e. The quantitative estimate of drug-likeness (QED) is 0.497. The predicted octanol–water partition coefficient (Wildman–Crippen LogP) is 5.07. The van der Waals surface area contributed by atoms with Crippen LogP contribution in [0.4, 0.5) is 26.3 Å². The number of alkyl halides is 6. The van der Waals surface area contributed by atoms with Gasteiger partial charge in [-0.2, -0.15) is 36.7 Å². The highest BCUT2D eigenvalue weighted by Crippen LogP contribution is 2.40. The number of halogens is 8. The van der Waals surface area contributed by atoms with E-state index in [1.54, 1.807) is 5.92 Å². The second-order valence-electron chi connectivity index (χ2n) is 4.52. The molecular formula is C14H3Cl2F6N3. The molecule has 3 nitrogen and oxygen atoms in total. The molecule has 0 saturated heterocycles. The van der Waals surface area contributed by atoms with E-state index in [-0.39, 0.29) is 0 Å². The van der Waals surface area contributed by atoms with Gasteiger partial charge in [0, 0.05) is 0 Å². The van der Waals surface area contributed by atoms with E-state index >= 15 is 0 Å². The molecule has 1 aromatic carbocycles. The van der Waals surface area contributed by atoms with Crippen molar-refractivity contribution in [3.05, 3.63) is 44.7 Å². The Morgan fingerprint density at radius 3 is 1.92 bits per heavy atom. The van der Waals surface area contributed by atoms with E-state index in [1.807, 2.05) is 0 Å². The first kappa shape index (κ1) is 19.0. The van der Waals surface area contributed by atoms with E-state index < -0.39 is 50.6 Å². The lowest BCUT2D eigenvalue weighted by atomic mass is 10.1. The molecule has 0 bridgehead atoms. The van der Waals surface area contributed by atoms with Gasteiger partial charge in [0.25, 0.3) is 0 Å². The van der Waals surface area contributed by atoms with Crippen molar-refractivity contribution < 1.29 is 26.3 Å². The molecule has 0 aliphatic rings. The Labute approximate surface area is 146 Å². The van der Waals surface area contributed by atoms with Crippen LogP contribution in [0.5, 0.6) is 0 Å². The summed E-state index contributed by atoms with van der Waals surface area (Å²) in [5, 5.41) is 11.0. The fourth-order valence-corrected chi connectivity index (χ4v) is 2.64. The van der Waals surface area contributed by atoms with Crippen LogP contribution in [0.3, 0.4) is 0 Å². The molecule has 11 heteroatoms. The molecule has 1 heterocycles. The molecule has 0 aliphatic carbocycles. The number of hydrogen-bond donors (Lipinski definition) is 0. The number of nitrogens with zero attached hydrogens (tertiary/aromatic N) is 3. The third-order valence-electron chi connectivity index (χ3n) is 2.97. The molecule has 25 heavy (non-hydrogen) atoms. The molecule has 0 saturated carbocycles. The molecule has 130 valence electrons. The SMILES string of the molecule is C#Cc1c(C(F)(F)F)c(C#N)nn1-c1c(Cl)cc(C(F)(F)F)cc1Cl. The Bertz CT molecular complexity index is 905. The van der Waals surface area contributed by atoms with Gasteiger partial charge in [-0.25, -0.2) is 4.68 Å². The number of benzene rings is 1. The van der Waals surface area contributed by atoms with Gasteiger partial charge in [0.05, 0.1) is 15.6 Å². The molecule has 0 amide bonds. The number of nitriles is 1. The Morgan fingerprint density at radius 1 is 1.04 bits per heavy atom. The molecule has 0 fully saturated rings. The van der Waals surface area contributed by atoms with E-state index in [4.69, 9.17) is 34.9 Å². The van der Waals surface area contributed by atoms with E-state index in [9.17, 15) is 26.3 Å². The normalized spacial score (nSPS) is 11.9. The van der Waals surface area contributed by atoms with Gasteiger partial charge in [0.1, 0.15) is 23.0 Å². The number of aromatic nitrogens is 2. The average Bonchev–Trinajstić information content (AvgIpc) is 2.84. The van der Waals surface area contributed by atoms with Crippen LogP contribution in [0.1, 0.15) is 22.5 Å². The molecule has 0 atom stereocenters. The molecule has 0 radical (unpaired) electrons. The van der Waals surface area contributed by atoms with Crippen LogP contribution in [-0.4, -0.2) is 9.78 Å². The largest absolute Gasteiger partial charge is 0.422 e. The summed E-state index contributed by atoms with van der Waals surface area (Å²) in [5.74, 6) is 1.71. The van der Waals surface area contributed by atoms with Crippen LogP contribution >= 0.6 is 23.2 Å². The maximum Gasteiger partial charge on any atom is 0.422 e. The molecule has 1 aromatic heterocycles. The van der Waals surface area contributed by atoms with E-state index in [0.29, 0.717) is 16.8 Å². The lowest BCUT2D eigenvalue weighted by Gasteiger charge is -2.13. The van der Waals surface area contributed by atoms with Crippen LogP contribution in [0, 0.1) is 23.7 Å². The Hall–Kier alpha value is -2.36. The summed E-state index contributed by atoms with van der Waals surface area (Å²) in [7, 11) is 0. The topological polar surface area (TPSA) is 41.6 Å².